The van der Waals surface area contributed by atoms with Gasteiger partial charge < -0.3 is 15.9 Å². The van der Waals surface area contributed by atoms with Gasteiger partial charge >= 0.3 is 0 Å². The number of hydrogen-bond acceptors (Lipinski definition) is 3. The van der Waals surface area contributed by atoms with Crippen molar-refractivity contribution in [3.8, 4) is 11.5 Å². The molecule has 0 amide bonds. The van der Waals surface area contributed by atoms with Crippen molar-refractivity contribution in [1.82, 2.24) is 0 Å². The van der Waals surface area contributed by atoms with Gasteiger partial charge in [0.2, 0.25) is 0 Å². The van der Waals surface area contributed by atoms with Gasteiger partial charge in [0.05, 0.1) is 0 Å². The third-order valence-corrected chi connectivity index (χ3v) is 2.47. The molecule has 0 saturated carbocycles. The van der Waals surface area contributed by atoms with Gasteiger partial charge in [-0.2, -0.15) is 0 Å². The Morgan fingerprint density at radius 1 is 1.46 bits per heavy atom. The first-order valence-corrected chi connectivity index (χ1v) is 4.76. The van der Waals surface area contributed by atoms with Gasteiger partial charge in [-0.3, -0.25) is 0 Å². The van der Waals surface area contributed by atoms with Gasteiger partial charge in [0.25, 0.3) is 0 Å². The molecule has 0 heterocycles. The summed E-state index contributed by atoms with van der Waals surface area (Å²) in [5.41, 5.74) is 6.25. The minimum absolute atomic E-state index is 0.0519. The highest BCUT2D eigenvalue weighted by atomic mass is 79.9. The van der Waals surface area contributed by atoms with Gasteiger partial charge in [0.15, 0.2) is 11.5 Å². The second-order valence-corrected chi connectivity index (χ2v) is 3.93. The highest BCUT2D eigenvalue weighted by Crippen LogP contribution is 2.34. The Balaban J connectivity index is 3.10. The van der Waals surface area contributed by atoms with E-state index in [0.717, 1.165) is 4.47 Å². The van der Waals surface area contributed by atoms with E-state index in [0.29, 0.717) is 12.0 Å². The average Bonchev–Trinajstić information content (AvgIpc) is 2.05. The summed E-state index contributed by atoms with van der Waals surface area (Å²) in [7, 11) is 0. The third kappa shape index (κ3) is 2.35. The molecular formula is C9H12BrNO2. The number of hydrogen-bond donors (Lipinski definition) is 3. The largest absolute Gasteiger partial charge is 0.504 e. The average molecular weight is 246 g/mol. The lowest BCUT2D eigenvalue weighted by molar-refractivity contribution is 0.398. The van der Waals surface area contributed by atoms with Gasteiger partial charge in [0, 0.05) is 16.1 Å². The van der Waals surface area contributed by atoms with E-state index in [1.165, 1.54) is 6.07 Å². The van der Waals surface area contributed by atoms with E-state index >= 15 is 0 Å². The Bertz CT molecular complexity index is 313. The first kappa shape index (κ1) is 10.3. The van der Waals surface area contributed by atoms with Gasteiger partial charge in [0.1, 0.15) is 0 Å². The summed E-state index contributed by atoms with van der Waals surface area (Å²) >= 11 is 3.28. The zero-order valence-corrected chi connectivity index (χ0v) is 8.87. The molecule has 4 heteroatoms. The summed E-state index contributed by atoms with van der Waals surface area (Å²) in [6.07, 6.45) is 0.529. The van der Waals surface area contributed by atoms with Crippen molar-refractivity contribution in [3.63, 3.8) is 0 Å². The van der Waals surface area contributed by atoms with E-state index in [1.54, 1.807) is 6.07 Å². The summed E-state index contributed by atoms with van der Waals surface area (Å²) in [6.45, 7) is 1.84. The van der Waals surface area contributed by atoms with E-state index in [2.05, 4.69) is 15.9 Å². The number of benzene rings is 1. The van der Waals surface area contributed by atoms with Crippen LogP contribution < -0.4 is 5.73 Å². The maximum absolute atomic E-state index is 9.49. The Labute approximate surface area is 85.3 Å². The second-order valence-electron chi connectivity index (χ2n) is 3.08. The summed E-state index contributed by atoms with van der Waals surface area (Å²) in [4.78, 5) is 0. The van der Waals surface area contributed by atoms with Gasteiger partial charge in [-0.15, -0.1) is 0 Å². The lowest BCUT2D eigenvalue weighted by Gasteiger charge is -2.10. The molecule has 1 unspecified atom stereocenters. The molecule has 13 heavy (non-hydrogen) atoms. The zero-order valence-electron chi connectivity index (χ0n) is 7.29. The molecule has 0 saturated heterocycles. The number of phenolic OH excluding ortho intramolecular Hbond substituents is 2. The smallest absolute Gasteiger partial charge is 0.161 e. The van der Waals surface area contributed by atoms with Crippen LogP contribution in [0.1, 0.15) is 12.5 Å². The molecule has 0 radical (unpaired) electrons. The summed E-state index contributed by atoms with van der Waals surface area (Å²) in [6, 6.07) is 3.07. The van der Waals surface area contributed by atoms with Gasteiger partial charge in [-0.05, 0) is 25.5 Å². The van der Waals surface area contributed by atoms with Crippen molar-refractivity contribution >= 4 is 15.9 Å². The van der Waals surface area contributed by atoms with Crippen molar-refractivity contribution in [2.45, 2.75) is 19.4 Å². The molecule has 0 bridgehead atoms. The molecular weight excluding hydrogens is 234 g/mol. The fourth-order valence-corrected chi connectivity index (χ4v) is 1.60. The van der Waals surface area contributed by atoms with Gasteiger partial charge in [-0.1, -0.05) is 15.9 Å². The topological polar surface area (TPSA) is 66.5 Å². The molecule has 1 aromatic rings. The molecule has 1 rings (SSSR count). The normalized spacial score (nSPS) is 12.8. The molecule has 3 nitrogen and oxygen atoms in total. The SMILES string of the molecule is CC(N)Cc1c(Br)ccc(O)c1O. The Morgan fingerprint density at radius 3 is 2.62 bits per heavy atom. The molecule has 0 aliphatic carbocycles. The zero-order chi connectivity index (χ0) is 10.0. The van der Waals surface area contributed by atoms with Crippen LogP contribution in [0.4, 0.5) is 0 Å². The first-order chi connectivity index (χ1) is 6.02. The number of aromatic hydroxyl groups is 2. The Kier molecular flexibility index (Phi) is 3.17. The predicted octanol–water partition coefficient (Wildman–Crippen LogP) is 1.75. The van der Waals surface area contributed by atoms with Crippen molar-refractivity contribution in [3.05, 3.63) is 22.2 Å². The molecule has 0 aliphatic rings. The van der Waals surface area contributed by atoms with Crippen LogP contribution in [0, 0.1) is 0 Å². The van der Waals surface area contributed by atoms with Crippen LogP contribution in [-0.4, -0.2) is 16.3 Å². The number of nitrogens with two attached hydrogens (primary N) is 1. The number of halogens is 1. The standard InChI is InChI=1S/C9H12BrNO2/c1-5(11)4-6-7(10)2-3-8(12)9(6)13/h2-3,5,12-13H,4,11H2,1H3. The Morgan fingerprint density at radius 2 is 2.08 bits per heavy atom. The van der Waals surface area contributed by atoms with Crippen molar-refractivity contribution in [2.24, 2.45) is 5.73 Å². The number of rotatable bonds is 2. The second kappa shape index (κ2) is 3.98. The molecule has 1 aromatic carbocycles. The van der Waals surface area contributed by atoms with E-state index in [1.807, 2.05) is 6.92 Å². The van der Waals surface area contributed by atoms with Crippen molar-refractivity contribution < 1.29 is 10.2 Å². The van der Waals surface area contributed by atoms with Crippen LogP contribution >= 0.6 is 15.9 Å². The molecule has 0 aliphatic heterocycles. The molecule has 72 valence electrons. The maximum Gasteiger partial charge on any atom is 0.161 e. The van der Waals surface area contributed by atoms with Crippen LogP contribution in [-0.2, 0) is 6.42 Å². The minimum Gasteiger partial charge on any atom is -0.504 e. The highest BCUT2D eigenvalue weighted by molar-refractivity contribution is 9.10. The van der Waals surface area contributed by atoms with Crippen molar-refractivity contribution in [2.75, 3.05) is 0 Å². The third-order valence-electron chi connectivity index (χ3n) is 1.73. The molecule has 0 spiro atoms. The lowest BCUT2D eigenvalue weighted by atomic mass is 10.1. The van der Waals surface area contributed by atoms with Gasteiger partial charge in [-0.25, -0.2) is 0 Å². The van der Waals surface area contributed by atoms with Crippen LogP contribution in [0.15, 0.2) is 16.6 Å². The molecule has 0 aromatic heterocycles. The predicted molar refractivity (Wildman–Crippen MR) is 54.8 cm³/mol. The monoisotopic (exact) mass is 245 g/mol. The highest BCUT2D eigenvalue weighted by Gasteiger charge is 2.11. The van der Waals surface area contributed by atoms with E-state index < -0.39 is 0 Å². The Hall–Kier alpha value is -0.740. The number of phenols is 2. The summed E-state index contributed by atoms with van der Waals surface area (Å²) < 4.78 is 0.764. The van der Waals surface area contributed by atoms with E-state index in [9.17, 15) is 10.2 Å². The maximum atomic E-state index is 9.49. The van der Waals surface area contributed by atoms with Crippen LogP contribution in [0.2, 0.25) is 0 Å². The summed E-state index contributed by atoms with van der Waals surface area (Å²) in [5.74, 6) is -0.203. The van der Waals surface area contributed by atoms with Crippen LogP contribution in [0.3, 0.4) is 0 Å². The first-order valence-electron chi connectivity index (χ1n) is 3.97. The van der Waals surface area contributed by atoms with E-state index in [-0.39, 0.29) is 17.5 Å². The van der Waals surface area contributed by atoms with Crippen LogP contribution in [0.25, 0.3) is 0 Å². The molecule has 0 fully saturated rings. The quantitative estimate of drug-likeness (QED) is 0.696. The lowest BCUT2D eigenvalue weighted by Crippen LogP contribution is -2.18. The fraction of sp³-hybridized carbons (Fsp3) is 0.333. The van der Waals surface area contributed by atoms with Crippen molar-refractivity contribution in [1.29, 1.82) is 0 Å². The van der Waals surface area contributed by atoms with E-state index in [4.69, 9.17) is 5.73 Å². The summed E-state index contributed by atoms with van der Waals surface area (Å²) in [5, 5.41) is 18.7. The minimum atomic E-state index is -0.112. The fourth-order valence-electron chi connectivity index (χ4n) is 1.12. The molecule has 1 atom stereocenters. The van der Waals surface area contributed by atoms with Crippen LogP contribution in [0.5, 0.6) is 11.5 Å². The molecule has 4 N–H and O–H groups in total.